The second-order valence-corrected chi connectivity index (χ2v) is 13.0. The Morgan fingerprint density at radius 2 is 1.77 bits per heavy atom. The molecule has 140 valence electrons. The quantitative estimate of drug-likeness (QED) is 0.642. The fraction of sp³-hybridized carbons (Fsp3) is 0.632. The van der Waals surface area contributed by atoms with Crippen molar-refractivity contribution >= 4 is 14.3 Å². The molecule has 1 aliphatic carbocycles. The van der Waals surface area contributed by atoms with E-state index in [1.807, 2.05) is 0 Å². The van der Waals surface area contributed by atoms with E-state index in [0.29, 0.717) is 11.5 Å². The molecule has 0 spiro atoms. The predicted octanol–water partition coefficient (Wildman–Crippen LogP) is 0.384. The Bertz CT molecular complexity index is 627. The molecule has 0 aliphatic heterocycles. The van der Waals surface area contributed by atoms with Gasteiger partial charge in [-0.05, 0) is 49.2 Å². The Morgan fingerprint density at radius 1 is 1.15 bits per heavy atom. The molecule has 0 unspecified atom stereocenters. The number of benzene rings is 1. The van der Waals surface area contributed by atoms with E-state index in [0.717, 1.165) is 19.3 Å². The van der Waals surface area contributed by atoms with Crippen LogP contribution in [0.15, 0.2) is 18.2 Å². The van der Waals surface area contributed by atoms with Crippen LogP contribution >= 0.6 is 0 Å². The van der Waals surface area contributed by atoms with Gasteiger partial charge in [0, 0.05) is 18.1 Å². The van der Waals surface area contributed by atoms with Crippen molar-refractivity contribution in [2.45, 2.75) is 70.4 Å². The smallest absolute Gasteiger partial charge is 0.545 e. The molecule has 0 aromatic heterocycles. The molecule has 1 saturated carbocycles. The van der Waals surface area contributed by atoms with Gasteiger partial charge in [-0.2, -0.15) is 0 Å². The fourth-order valence-electron chi connectivity index (χ4n) is 2.78. The summed E-state index contributed by atoms with van der Waals surface area (Å²) in [7, 11) is -0.259. The number of carboxylic acids is 1. The minimum atomic E-state index is -1.80. The molecule has 5 nitrogen and oxygen atoms in total. The maximum atomic E-state index is 11.1. The Morgan fingerprint density at radius 3 is 2.31 bits per heavy atom. The molecule has 1 aromatic carbocycles. The Hall–Kier alpha value is 0.103. The first kappa shape index (κ1) is 24.1. The minimum absolute atomic E-state index is 0. The third-order valence-electron chi connectivity index (χ3n) is 5.30. The summed E-state index contributed by atoms with van der Waals surface area (Å²) in [6.45, 7) is 11.2. The summed E-state index contributed by atoms with van der Waals surface area (Å²) in [4.78, 5) is 11.1. The van der Waals surface area contributed by atoms with Crippen molar-refractivity contribution in [2.24, 2.45) is 0 Å². The number of rotatable bonds is 6. The van der Waals surface area contributed by atoms with E-state index in [1.54, 1.807) is 13.2 Å². The molecular weight excluding hydrogens is 375 g/mol. The first-order valence-corrected chi connectivity index (χ1v) is 11.7. The predicted molar refractivity (Wildman–Crippen MR) is 97.7 cm³/mol. The summed E-state index contributed by atoms with van der Waals surface area (Å²) in [5, 5.41) is 11.2. The van der Waals surface area contributed by atoms with Crippen LogP contribution in [0, 0.1) is 0 Å². The molecule has 0 N–H and O–H groups in total. The molecule has 0 amide bonds. The summed E-state index contributed by atoms with van der Waals surface area (Å²) in [6.07, 6.45) is 2.85. The zero-order valence-electron chi connectivity index (χ0n) is 17.0. The number of ether oxygens (including phenoxy) is 2. The average molecular weight is 405 g/mol. The summed E-state index contributed by atoms with van der Waals surface area (Å²) < 4.78 is 17.8. The van der Waals surface area contributed by atoms with Crippen molar-refractivity contribution in [3.8, 4) is 11.5 Å². The summed E-state index contributed by atoms with van der Waals surface area (Å²) in [6, 6.07) is 4.52. The zero-order valence-corrected chi connectivity index (χ0v) is 21.2. The van der Waals surface area contributed by atoms with Gasteiger partial charge in [0.05, 0.1) is 13.1 Å². The van der Waals surface area contributed by atoms with Gasteiger partial charge >= 0.3 is 51.4 Å². The van der Waals surface area contributed by atoms with Crippen LogP contribution in [-0.2, 0) is 4.43 Å². The number of aromatic carboxylic acids is 1. The van der Waals surface area contributed by atoms with Gasteiger partial charge in [-0.1, -0.05) is 20.8 Å². The summed E-state index contributed by atoms with van der Waals surface area (Å²) >= 11 is 0. The van der Waals surface area contributed by atoms with E-state index >= 15 is 0 Å². The van der Waals surface area contributed by atoms with Gasteiger partial charge in [-0.15, -0.1) is 0 Å². The second-order valence-electron chi connectivity index (χ2n) is 8.21. The molecule has 0 bridgehead atoms. The molecule has 0 radical (unpaired) electrons. The van der Waals surface area contributed by atoms with Gasteiger partial charge in [0.25, 0.3) is 0 Å². The SMILES string of the molecule is COc1ccc(C(=O)[O-])cc1O[C@H]1CC[C@H](O[Si](C)(C)C(C)(C)C)C1.[K+]. The molecule has 7 heteroatoms. The van der Waals surface area contributed by atoms with Gasteiger partial charge in [0.1, 0.15) is 6.10 Å². The van der Waals surface area contributed by atoms with Gasteiger partial charge in [-0.3, -0.25) is 0 Å². The fourth-order valence-corrected chi connectivity index (χ4v) is 4.18. The van der Waals surface area contributed by atoms with Crippen LogP contribution in [0.3, 0.4) is 0 Å². The average Bonchev–Trinajstić information content (AvgIpc) is 2.92. The van der Waals surface area contributed by atoms with Crippen LogP contribution in [0.5, 0.6) is 11.5 Å². The maximum Gasteiger partial charge on any atom is 1.00 e. The number of carbonyl (C=O) groups excluding carboxylic acids is 1. The number of carboxylic acid groups (broad SMARTS) is 1. The Labute approximate surface area is 200 Å². The van der Waals surface area contributed by atoms with Crippen molar-refractivity contribution in [1.82, 2.24) is 0 Å². The molecule has 0 saturated heterocycles. The molecule has 1 aromatic rings. The second kappa shape index (κ2) is 9.54. The molecule has 26 heavy (non-hydrogen) atoms. The van der Waals surface area contributed by atoms with Gasteiger partial charge in [0.15, 0.2) is 19.8 Å². The zero-order chi connectivity index (χ0) is 18.8. The van der Waals surface area contributed by atoms with Crippen molar-refractivity contribution in [2.75, 3.05) is 7.11 Å². The van der Waals surface area contributed by atoms with E-state index in [9.17, 15) is 9.90 Å². The molecule has 1 aliphatic rings. The normalized spacial score (nSPS) is 20.4. The van der Waals surface area contributed by atoms with Crippen LogP contribution in [0.25, 0.3) is 0 Å². The number of carbonyl (C=O) groups is 1. The van der Waals surface area contributed by atoms with Gasteiger partial charge in [0.2, 0.25) is 0 Å². The van der Waals surface area contributed by atoms with Gasteiger partial charge in [-0.25, -0.2) is 0 Å². The van der Waals surface area contributed by atoms with Crippen molar-refractivity contribution in [3.05, 3.63) is 23.8 Å². The Balaban J connectivity index is 0.00000338. The standard InChI is InChI=1S/C19H30O5Si.K/c1-19(2,3)25(5,6)24-15-9-8-14(12-15)23-17-11-13(18(20)21)7-10-16(17)22-4;/h7,10-11,14-15H,8-9,12H2,1-6H3,(H,20,21);/q;+1/p-1/t14-,15-;/m0./s1. The van der Waals surface area contributed by atoms with E-state index in [2.05, 4.69) is 33.9 Å². The number of hydrogen-bond donors (Lipinski definition) is 0. The summed E-state index contributed by atoms with van der Waals surface area (Å²) in [5.41, 5.74) is 0.0860. The molecule has 2 rings (SSSR count). The van der Waals surface area contributed by atoms with E-state index in [4.69, 9.17) is 13.9 Å². The van der Waals surface area contributed by atoms with Crippen LogP contribution in [0.4, 0.5) is 0 Å². The van der Waals surface area contributed by atoms with E-state index in [1.165, 1.54) is 12.1 Å². The minimum Gasteiger partial charge on any atom is -0.545 e. The molecule has 2 atom stereocenters. The number of methoxy groups -OCH3 is 1. The van der Waals surface area contributed by atoms with Gasteiger partial charge < -0.3 is 23.8 Å². The topological polar surface area (TPSA) is 67.8 Å². The third-order valence-corrected chi connectivity index (χ3v) is 9.83. The monoisotopic (exact) mass is 404 g/mol. The molecule has 1 fully saturated rings. The van der Waals surface area contributed by atoms with Crippen LogP contribution in [-0.4, -0.2) is 33.6 Å². The molecular formula is C19H29KO5Si. The first-order valence-electron chi connectivity index (χ1n) is 8.77. The van der Waals surface area contributed by atoms with E-state index in [-0.39, 0.29) is 74.2 Å². The van der Waals surface area contributed by atoms with E-state index < -0.39 is 14.3 Å². The number of hydrogen-bond acceptors (Lipinski definition) is 5. The van der Waals surface area contributed by atoms with Crippen LogP contribution in [0.2, 0.25) is 18.1 Å². The van der Waals surface area contributed by atoms with Crippen molar-refractivity contribution in [1.29, 1.82) is 0 Å². The molecule has 0 heterocycles. The maximum absolute atomic E-state index is 11.1. The first-order chi connectivity index (χ1) is 11.5. The van der Waals surface area contributed by atoms with Crippen LogP contribution < -0.4 is 66.0 Å². The third kappa shape index (κ3) is 6.05. The Kier molecular flexibility index (Phi) is 8.86. The van der Waals surface area contributed by atoms with Crippen molar-refractivity contribution in [3.63, 3.8) is 0 Å². The van der Waals surface area contributed by atoms with Crippen molar-refractivity contribution < 1.29 is 75.2 Å². The summed E-state index contributed by atoms with van der Waals surface area (Å²) in [5.74, 6) is -0.251. The van der Waals surface area contributed by atoms with Crippen LogP contribution in [0.1, 0.15) is 50.4 Å². The largest absolute Gasteiger partial charge is 1.00 e.